The normalized spacial score (nSPS) is 27.8. The lowest BCUT2D eigenvalue weighted by Crippen LogP contribution is -2.48. The number of anilines is 1. The zero-order chi connectivity index (χ0) is 24.1. The second-order valence-corrected chi connectivity index (χ2v) is 11.5. The monoisotopic (exact) mass is 451 g/mol. The lowest BCUT2D eigenvalue weighted by atomic mass is 9.48. The van der Waals surface area contributed by atoms with Crippen LogP contribution in [0.15, 0.2) is 53.6 Å². The van der Waals surface area contributed by atoms with Gasteiger partial charge in [-0.05, 0) is 101 Å². The van der Waals surface area contributed by atoms with E-state index >= 15 is 0 Å². The fraction of sp³-hybridized carbons (Fsp3) is 0.633. The molecular weight excluding hydrogens is 406 g/mol. The highest BCUT2D eigenvalue weighted by Gasteiger charge is 2.51. The highest BCUT2D eigenvalue weighted by molar-refractivity contribution is 5.84. The van der Waals surface area contributed by atoms with Gasteiger partial charge in [0.05, 0.1) is 0 Å². The molecular formula is C30H45NO2. The Morgan fingerprint density at radius 2 is 1.94 bits per heavy atom. The van der Waals surface area contributed by atoms with E-state index in [4.69, 9.17) is 4.74 Å². The molecule has 1 fully saturated rings. The van der Waals surface area contributed by atoms with Crippen LogP contribution in [0.2, 0.25) is 0 Å². The summed E-state index contributed by atoms with van der Waals surface area (Å²) in [7, 11) is 0. The van der Waals surface area contributed by atoms with Gasteiger partial charge in [-0.3, -0.25) is 5.32 Å². The van der Waals surface area contributed by atoms with Crippen LogP contribution in [0.5, 0.6) is 0 Å². The molecule has 2 aliphatic rings. The summed E-state index contributed by atoms with van der Waals surface area (Å²) in [6, 6.07) is 9.43. The second-order valence-electron chi connectivity index (χ2n) is 11.5. The molecule has 1 saturated carbocycles. The van der Waals surface area contributed by atoms with E-state index in [0.717, 1.165) is 30.9 Å². The van der Waals surface area contributed by atoms with Gasteiger partial charge in [-0.25, -0.2) is 4.79 Å². The minimum Gasteiger partial charge on any atom is -0.446 e. The van der Waals surface area contributed by atoms with Crippen molar-refractivity contribution in [3.8, 4) is 0 Å². The Hall–Kier alpha value is -2.03. The molecule has 0 spiro atoms. The number of allylic oxidation sites excluding steroid dienone is 4. The van der Waals surface area contributed by atoms with E-state index < -0.39 is 0 Å². The standard InChI is InChI=1S/C30H45NO2/c1-22(12-10-13-24(3)33-28(32)31-25-14-8-7-9-15-25)16-18-26-23(2)17-19-27-29(4,5)20-11-21-30(26,27)6/h7-9,12,14-15,17,24,26-27H,10-11,13,16,18-21H2,1-6H3,(H,31,32). The zero-order valence-corrected chi connectivity index (χ0v) is 21.7. The quantitative estimate of drug-likeness (QED) is 0.401. The second kappa shape index (κ2) is 10.9. The minimum absolute atomic E-state index is 0.106. The number of nitrogens with one attached hydrogen (secondary N) is 1. The molecule has 4 atom stereocenters. The van der Waals surface area contributed by atoms with Crippen LogP contribution in [0.3, 0.4) is 0 Å². The summed E-state index contributed by atoms with van der Waals surface area (Å²) in [6.07, 6.45) is 14.0. The first-order chi connectivity index (χ1) is 15.6. The lowest BCUT2D eigenvalue weighted by Gasteiger charge is -2.57. The number of fused-ring (bicyclic) bond motifs is 1. The molecule has 0 aromatic heterocycles. The molecule has 4 unspecified atom stereocenters. The molecule has 3 rings (SSSR count). The van der Waals surface area contributed by atoms with Crippen molar-refractivity contribution in [2.75, 3.05) is 5.32 Å². The summed E-state index contributed by atoms with van der Waals surface area (Å²) >= 11 is 0. The van der Waals surface area contributed by atoms with Crippen molar-refractivity contribution < 1.29 is 9.53 Å². The molecule has 1 aromatic rings. The Morgan fingerprint density at radius 1 is 1.21 bits per heavy atom. The van der Waals surface area contributed by atoms with Gasteiger partial charge in [0, 0.05) is 5.69 Å². The number of ether oxygens (including phenoxy) is 1. The first kappa shape index (κ1) is 25.6. The number of amides is 1. The molecule has 182 valence electrons. The first-order valence-corrected chi connectivity index (χ1v) is 13.0. The van der Waals surface area contributed by atoms with Gasteiger partial charge in [0.2, 0.25) is 0 Å². The van der Waals surface area contributed by atoms with E-state index in [1.807, 2.05) is 37.3 Å². The summed E-state index contributed by atoms with van der Waals surface area (Å²) in [6.45, 7) is 14.2. The van der Waals surface area contributed by atoms with Crippen molar-refractivity contribution in [3.63, 3.8) is 0 Å². The molecule has 0 aliphatic heterocycles. The third kappa shape index (κ3) is 6.52. The lowest BCUT2D eigenvalue weighted by molar-refractivity contribution is -0.0390. The van der Waals surface area contributed by atoms with Gasteiger partial charge in [-0.1, -0.05) is 68.7 Å². The van der Waals surface area contributed by atoms with Gasteiger partial charge in [0.15, 0.2) is 0 Å². The van der Waals surface area contributed by atoms with Crippen molar-refractivity contribution in [2.45, 2.75) is 99.0 Å². The fourth-order valence-electron chi connectivity index (χ4n) is 6.64. The molecule has 0 heterocycles. The molecule has 33 heavy (non-hydrogen) atoms. The van der Waals surface area contributed by atoms with Crippen LogP contribution >= 0.6 is 0 Å². The maximum Gasteiger partial charge on any atom is 0.411 e. The van der Waals surface area contributed by atoms with Crippen LogP contribution in [0, 0.1) is 22.7 Å². The maximum atomic E-state index is 12.1. The SMILES string of the molecule is CC(=CCCC(C)OC(=O)Nc1ccccc1)CCC1C(C)=CCC2C(C)(C)CCCC12C. The van der Waals surface area contributed by atoms with Crippen molar-refractivity contribution in [1.82, 2.24) is 0 Å². The van der Waals surface area contributed by atoms with Crippen LogP contribution < -0.4 is 5.32 Å². The van der Waals surface area contributed by atoms with Gasteiger partial charge < -0.3 is 4.74 Å². The zero-order valence-electron chi connectivity index (χ0n) is 21.7. The van der Waals surface area contributed by atoms with Crippen LogP contribution in [-0.2, 0) is 4.74 Å². The summed E-state index contributed by atoms with van der Waals surface area (Å²) < 4.78 is 5.51. The van der Waals surface area contributed by atoms with E-state index in [-0.39, 0.29) is 12.2 Å². The van der Waals surface area contributed by atoms with Gasteiger partial charge in [0.1, 0.15) is 6.10 Å². The molecule has 0 bridgehead atoms. The largest absolute Gasteiger partial charge is 0.446 e. The van der Waals surface area contributed by atoms with Crippen LogP contribution in [0.4, 0.5) is 10.5 Å². The van der Waals surface area contributed by atoms with E-state index in [1.165, 1.54) is 37.7 Å². The molecule has 1 amide bonds. The van der Waals surface area contributed by atoms with Crippen molar-refractivity contribution >= 4 is 11.8 Å². The summed E-state index contributed by atoms with van der Waals surface area (Å²) in [4.78, 5) is 12.1. The van der Waals surface area contributed by atoms with Crippen LogP contribution in [-0.4, -0.2) is 12.2 Å². The first-order valence-electron chi connectivity index (χ1n) is 13.0. The van der Waals surface area contributed by atoms with Crippen molar-refractivity contribution in [3.05, 3.63) is 53.6 Å². The Labute approximate surface area is 202 Å². The summed E-state index contributed by atoms with van der Waals surface area (Å²) in [5.74, 6) is 1.50. The Bertz CT molecular complexity index is 853. The topological polar surface area (TPSA) is 38.3 Å². The van der Waals surface area contributed by atoms with Gasteiger partial charge in [-0.2, -0.15) is 0 Å². The summed E-state index contributed by atoms with van der Waals surface area (Å²) in [5, 5.41) is 2.78. The molecule has 1 aromatic carbocycles. The van der Waals surface area contributed by atoms with E-state index in [9.17, 15) is 4.79 Å². The molecule has 3 heteroatoms. The Kier molecular flexibility index (Phi) is 8.48. The van der Waals surface area contributed by atoms with Gasteiger partial charge >= 0.3 is 6.09 Å². The van der Waals surface area contributed by atoms with Crippen LogP contribution in [0.25, 0.3) is 0 Å². The number of hydrogen-bond acceptors (Lipinski definition) is 2. The molecule has 1 N–H and O–H groups in total. The van der Waals surface area contributed by atoms with Crippen molar-refractivity contribution in [1.29, 1.82) is 0 Å². The minimum atomic E-state index is -0.382. The molecule has 0 saturated heterocycles. The summed E-state index contributed by atoms with van der Waals surface area (Å²) in [5.41, 5.74) is 4.73. The molecule has 2 aliphatic carbocycles. The predicted molar refractivity (Wildman–Crippen MR) is 139 cm³/mol. The predicted octanol–water partition coefficient (Wildman–Crippen LogP) is 8.93. The number of para-hydroxylation sites is 1. The third-order valence-electron chi connectivity index (χ3n) is 8.52. The van der Waals surface area contributed by atoms with E-state index in [1.54, 1.807) is 5.57 Å². The highest BCUT2D eigenvalue weighted by atomic mass is 16.6. The van der Waals surface area contributed by atoms with Crippen molar-refractivity contribution in [2.24, 2.45) is 22.7 Å². The number of carbonyl (C=O) groups excluding carboxylic acids is 1. The number of rotatable bonds is 8. The Morgan fingerprint density at radius 3 is 2.67 bits per heavy atom. The molecule has 0 radical (unpaired) electrons. The third-order valence-corrected chi connectivity index (χ3v) is 8.52. The Balaban J connectivity index is 1.46. The van der Waals surface area contributed by atoms with Crippen LogP contribution in [0.1, 0.15) is 92.9 Å². The highest BCUT2D eigenvalue weighted by Crippen LogP contribution is 2.60. The number of carbonyl (C=O) groups is 1. The number of hydrogen-bond donors (Lipinski definition) is 1. The molecule has 3 nitrogen and oxygen atoms in total. The smallest absolute Gasteiger partial charge is 0.411 e. The van der Waals surface area contributed by atoms with Gasteiger partial charge in [0.25, 0.3) is 0 Å². The fourth-order valence-corrected chi connectivity index (χ4v) is 6.64. The average Bonchev–Trinajstić information content (AvgIpc) is 2.73. The van der Waals surface area contributed by atoms with Gasteiger partial charge in [-0.15, -0.1) is 0 Å². The average molecular weight is 452 g/mol. The maximum absolute atomic E-state index is 12.1. The number of benzene rings is 1. The van der Waals surface area contributed by atoms with E-state index in [2.05, 4.69) is 52.1 Å². The van der Waals surface area contributed by atoms with E-state index in [0.29, 0.717) is 16.7 Å².